The minimum atomic E-state index is -0.394. The smallest absolute Gasteiger partial charge is 0.213 e. The van der Waals surface area contributed by atoms with E-state index < -0.39 is 6.23 Å². The second kappa shape index (κ2) is 7.98. The van der Waals surface area contributed by atoms with Crippen molar-refractivity contribution in [1.29, 1.82) is 0 Å². The van der Waals surface area contributed by atoms with E-state index >= 15 is 0 Å². The van der Waals surface area contributed by atoms with Gasteiger partial charge in [-0.2, -0.15) is 5.10 Å². The Balaban J connectivity index is 1.59. The van der Waals surface area contributed by atoms with Gasteiger partial charge in [0, 0.05) is 33.2 Å². The van der Waals surface area contributed by atoms with E-state index in [0.29, 0.717) is 28.0 Å². The minimum Gasteiger partial charge on any atom is -0.493 e. The summed E-state index contributed by atoms with van der Waals surface area (Å²) in [6.07, 6.45) is 0.318. The fourth-order valence-electron chi connectivity index (χ4n) is 4.13. The zero-order valence-electron chi connectivity index (χ0n) is 17.0. The van der Waals surface area contributed by atoms with Gasteiger partial charge in [-0.05, 0) is 48.5 Å². The Morgan fingerprint density at radius 1 is 0.935 bits per heavy atom. The zero-order chi connectivity index (χ0) is 21.5. The van der Waals surface area contributed by atoms with E-state index in [9.17, 15) is 0 Å². The highest BCUT2D eigenvalue weighted by Gasteiger charge is 2.41. The van der Waals surface area contributed by atoms with Crippen LogP contribution in [0.1, 0.15) is 35.4 Å². The van der Waals surface area contributed by atoms with Gasteiger partial charge in [-0.1, -0.05) is 35.3 Å². The summed E-state index contributed by atoms with van der Waals surface area (Å²) < 4.78 is 17.2. The summed E-state index contributed by atoms with van der Waals surface area (Å²) in [5.41, 5.74) is 3.87. The lowest BCUT2D eigenvalue weighted by molar-refractivity contribution is -0.0190. The van der Waals surface area contributed by atoms with Crippen molar-refractivity contribution >= 4 is 28.9 Å². The molecule has 3 aromatic carbocycles. The number of fused-ring (bicyclic) bond motifs is 3. The molecule has 2 aliphatic heterocycles. The standard InChI is InChI=1S/C24H20Cl2N2O3/c1-29-22-8-6-14(11-23(22)30-2)19-13-20-18-12-17(26)7-9-21(18)31-24(28(20)27-19)15-4-3-5-16(25)10-15/h3-12,20,24H,13H2,1-2H3. The summed E-state index contributed by atoms with van der Waals surface area (Å²) in [7, 11) is 3.25. The Kier molecular flexibility index (Phi) is 5.16. The Hall–Kier alpha value is -2.89. The second-order valence-corrected chi connectivity index (χ2v) is 8.30. The number of nitrogens with zero attached hydrogens (tertiary/aromatic N) is 2. The monoisotopic (exact) mass is 454 g/mol. The lowest BCUT2D eigenvalue weighted by Gasteiger charge is -2.38. The molecule has 158 valence electrons. The molecule has 0 N–H and O–H groups in total. The maximum absolute atomic E-state index is 6.36. The molecule has 0 saturated heterocycles. The molecule has 0 aliphatic carbocycles. The van der Waals surface area contributed by atoms with E-state index in [2.05, 4.69) is 0 Å². The van der Waals surface area contributed by atoms with Gasteiger partial charge in [0.05, 0.1) is 26.0 Å². The number of ether oxygens (including phenoxy) is 3. The van der Waals surface area contributed by atoms with E-state index in [4.69, 9.17) is 42.5 Å². The van der Waals surface area contributed by atoms with Gasteiger partial charge in [-0.25, -0.2) is 5.01 Å². The molecule has 5 nitrogen and oxygen atoms in total. The Bertz CT molecular complexity index is 1180. The predicted octanol–water partition coefficient (Wildman–Crippen LogP) is 6.25. The van der Waals surface area contributed by atoms with Crippen LogP contribution in [0.3, 0.4) is 0 Å². The van der Waals surface area contributed by atoms with Crippen LogP contribution in [0, 0.1) is 0 Å². The molecule has 2 atom stereocenters. The molecule has 3 aromatic rings. The van der Waals surface area contributed by atoms with Crippen LogP contribution in [0.15, 0.2) is 65.8 Å². The number of hydrazone groups is 1. The summed E-state index contributed by atoms with van der Waals surface area (Å²) >= 11 is 12.6. The molecule has 2 heterocycles. The van der Waals surface area contributed by atoms with Crippen LogP contribution in [0.4, 0.5) is 0 Å². The largest absolute Gasteiger partial charge is 0.493 e. The topological polar surface area (TPSA) is 43.3 Å². The van der Waals surface area contributed by atoms with E-state index in [0.717, 1.165) is 28.2 Å². The third-order valence-corrected chi connectivity index (χ3v) is 6.07. The Morgan fingerprint density at radius 2 is 1.74 bits per heavy atom. The lowest BCUT2D eigenvalue weighted by atomic mass is 9.95. The normalized spacial score (nSPS) is 19.2. The minimum absolute atomic E-state index is 0.00507. The molecule has 0 amide bonds. The molecule has 31 heavy (non-hydrogen) atoms. The number of rotatable bonds is 4. The van der Waals surface area contributed by atoms with Gasteiger partial charge in [0.1, 0.15) is 5.75 Å². The molecular formula is C24H20Cl2N2O3. The number of methoxy groups -OCH3 is 2. The van der Waals surface area contributed by atoms with E-state index in [1.165, 1.54) is 0 Å². The number of benzene rings is 3. The number of halogens is 2. The molecule has 2 unspecified atom stereocenters. The second-order valence-electron chi connectivity index (χ2n) is 7.42. The first kappa shape index (κ1) is 20.0. The van der Waals surface area contributed by atoms with Gasteiger partial charge in [0.15, 0.2) is 11.5 Å². The highest BCUT2D eigenvalue weighted by Crippen LogP contribution is 2.48. The van der Waals surface area contributed by atoms with E-state index in [-0.39, 0.29) is 6.04 Å². The third kappa shape index (κ3) is 3.58. The van der Waals surface area contributed by atoms with Crippen molar-refractivity contribution in [2.24, 2.45) is 5.10 Å². The van der Waals surface area contributed by atoms with Gasteiger partial charge in [0.25, 0.3) is 0 Å². The summed E-state index contributed by atoms with van der Waals surface area (Å²) in [6.45, 7) is 0. The summed E-state index contributed by atoms with van der Waals surface area (Å²) in [4.78, 5) is 0. The van der Waals surface area contributed by atoms with Crippen molar-refractivity contribution in [3.05, 3.63) is 87.4 Å². The van der Waals surface area contributed by atoms with Crippen molar-refractivity contribution in [2.45, 2.75) is 18.7 Å². The van der Waals surface area contributed by atoms with Gasteiger partial charge in [-0.3, -0.25) is 0 Å². The zero-order valence-corrected chi connectivity index (χ0v) is 18.5. The molecule has 0 saturated carbocycles. The van der Waals surface area contributed by atoms with Crippen LogP contribution >= 0.6 is 23.2 Å². The van der Waals surface area contributed by atoms with Gasteiger partial charge in [-0.15, -0.1) is 0 Å². The number of hydrogen-bond donors (Lipinski definition) is 0. The van der Waals surface area contributed by atoms with Gasteiger partial charge < -0.3 is 14.2 Å². The Labute approximate surface area is 190 Å². The molecule has 2 aliphatic rings. The van der Waals surface area contributed by atoms with Crippen LogP contribution in [0.25, 0.3) is 0 Å². The van der Waals surface area contributed by atoms with Gasteiger partial charge >= 0.3 is 0 Å². The quantitative estimate of drug-likeness (QED) is 0.466. The van der Waals surface area contributed by atoms with Crippen molar-refractivity contribution in [1.82, 2.24) is 5.01 Å². The molecule has 7 heteroatoms. The molecule has 0 fully saturated rings. The maximum Gasteiger partial charge on any atom is 0.213 e. The first-order valence-corrected chi connectivity index (χ1v) is 10.6. The van der Waals surface area contributed by atoms with E-state index in [1.54, 1.807) is 14.2 Å². The van der Waals surface area contributed by atoms with Crippen molar-refractivity contribution in [2.75, 3.05) is 14.2 Å². The molecule has 0 bridgehead atoms. The highest BCUT2D eigenvalue weighted by atomic mass is 35.5. The summed E-state index contributed by atoms with van der Waals surface area (Å²) in [6, 6.07) is 19.2. The molecule has 0 spiro atoms. The first-order valence-electron chi connectivity index (χ1n) is 9.87. The fourth-order valence-corrected chi connectivity index (χ4v) is 4.51. The summed E-state index contributed by atoms with van der Waals surface area (Å²) in [5.74, 6) is 2.15. The highest BCUT2D eigenvalue weighted by molar-refractivity contribution is 6.31. The molecule has 0 aromatic heterocycles. The summed E-state index contributed by atoms with van der Waals surface area (Å²) in [5, 5.41) is 8.29. The number of hydrogen-bond acceptors (Lipinski definition) is 5. The van der Waals surface area contributed by atoms with Crippen LogP contribution < -0.4 is 14.2 Å². The third-order valence-electron chi connectivity index (χ3n) is 5.60. The molecule has 0 radical (unpaired) electrons. The molecule has 5 rings (SSSR count). The van der Waals surface area contributed by atoms with Crippen LogP contribution in [-0.4, -0.2) is 24.9 Å². The van der Waals surface area contributed by atoms with E-state index in [1.807, 2.05) is 65.7 Å². The SMILES string of the molecule is COc1ccc(C2=NN3C(C2)c2cc(Cl)ccc2OC3c2cccc(Cl)c2)cc1OC. The van der Waals surface area contributed by atoms with Gasteiger partial charge in [0.2, 0.25) is 6.23 Å². The van der Waals surface area contributed by atoms with Crippen LogP contribution in [0.2, 0.25) is 10.0 Å². The maximum atomic E-state index is 6.36. The average Bonchev–Trinajstić information content (AvgIpc) is 3.24. The van der Waals surface area contributed by atoms with Crippen LogP contribution in [-0.2, 0) is 0 Å². The van der Waals surface area contributed by atoms with Crippen LogP contribution in [0.5, 0.6) is 17.2 Å². The van der Waals surface area contributed by atoms with Crippen molar-refractivity contribution in [3.63, 3.8) is 0 Å². The average molecular weight is 455 g/mol. The lowest BCUT2D eigenvalue weighted by Crippen LogP contribution is -2.33. The van der Waals surface area contributed by atoms with Crippen molar-refractivity contribution < 1.29 is 14.2 Å². The Morgan fingerprint density at radius 3 is 2.52 bits per heavy atom. The predicted molar refractivity (Wildman–Crippen MR) is 122 cm³/mol. The molecular weight excluding hydrogens is 435 g/mol. The van der Waals surface area contributed by atoms with Crippen molar-refractivity contribution in [3.8, 4) is 17.2 Å². The fraction of sp³-hybridized carbons (Fsp3) is 0.208. The first-order chi connectivity index (χ1) is 15.1.